The number of rotatable bonds is 5. The predicted molar refractivity (Wildman–Crippen MR) is 85.0 cm³/mol. The van der Waals surface area contributed by atoms with Gasteiger partial charge in [-0.15, -0.1) is 5.10 Å². The van der Waals surface area contributed by atoms with Gasteiger partial charge in [-0.3, -0.25) is 4.79 Å². The molecule has 0 spiro atoms. The first kappa shape index (κ1) is 16.2. The lowest BCUT2D eigenvalue weighted by molar-refractivity contribution is -0.132. The summed E-state index contributed by atoms with van der Waals surface area (Å²) in [6.07, 6.45) is 1.47. The highest BCUT2D eigenvalue weighted by molar-refractivity contribution is 14.1. The molecule has 0 aliphatic carbocycles. The summed E-state index contributed by atoms with van der Waals surface area (Å²) in [5.74, 6) is 0.308. The molecule has 0 saturated heterocycles. The van der Waals surface area contributed by atoms with E-state index >= 15 is 0 Å². The van der Waals surface area contributed by atoms with Crippen LogP contribution in [0.25, 0.3) is 0 Å². The summed E-state index contributed by atoms with van der Waals surface area (Å²) in [7, 11) is 0. The van der Waals surface area contributed by atoms with Crippen molar-refractivity contribution >= 4 is 40.7 Å². The van der Waals surface area contributed by atoms with Gasteiger partial charge in [0, 0.05) is 6.92 Å². The number of ether oxygens (including phenoxy) is 2. The Balaban J connectivity index is 3.15. The Labute approximate surface area is 130 Å². The highest BCUT2D eigenvalue weighted by Gasteiger charge is 2.13. The Morgan fingerprint density at radius 3 is 2.70 bits per heavy atom. The van der Waals surface area contributed by atoms with Crippen molar-refractivity contribution in [2.24, 2.45) is 21.7 Å². The van der Waals surface area contributed by atoms with Gasteiger partial charge in [0.05, 0.1) is 16.4 Å². The van der Waals surface area contributed by atoms with Gasteiger partial charge in [0.2, 0.25) is 5.96 Å². The molecule has 0 aliphatic heterocycles. The zero-order chi connectivity index (χ0) is 15.1. The van der Waals surface area contributed by atoms with Crippen LogP contribution >= 0.6 is 22.6 Å². The smallest absolute Gasteiger partial charge is 0.308 e. The van der Waals surface area contributed by atoms with Crippen LogP contribution in [0.2, 0.25) is 0 Å². The maximum atomic E-state index is 11.1. The van der Waals surface area contributed by atoms with Crippen molar-refractivity contribution in [1.82, 2.24) is 0 Å². The molecule has 20 heavy (non-hydrogen) atoms. The quantitative estimate of drug-likeness (QED) is 0.196. The van der Waals surface area contributed by atoms with Crippen molar-refractivity contribution in [2.45, 2.75) is 13.8 Å². The summed E-state index contributed by atoms with van der Waals surface area (Å²) in [4.78, 5) is 11.1. The van der Waals surface area contributed by atoms with E-state index in [9.17, 15) is 4.79 Å². The van der Waals surface area contributed by atoms with Gasteiger partial charge in [-0.2, -0.15) is 5.10 Å². The molecule has 0 radical (unpaired) electrons. The van der Waals surface area contributed by atoms with Crippen LogP contribution in [-0.2, 0) is 4.79 Å². The second-order valence-corrected chi connectivity index (χ2v) is 4.79. The minimum Gasteiger partial charge on any atom is -0.490 e. The van der Waals surface area contributed by atoms with E-state index < -0.39 is 5.97 Å². The number of halogens is 1. The number of benzene rings is 1. The lowest BCUT2D eigenvalue weighted by Gasteiger charge is -2.12. The highest BCUT2D eigenvalue weighted by Crippen LogP contribution is 2.34. The van der Waals surface area contributed by atoms with E-state index in [2.05, 4.69) is 10.2 Å². The van der Waals surface area contributed by atoms with Crippen LogP contribution in [0.1, 0.15) is 19.4 Å². The minimum absolute atomic E-state index is 0.127. The van der Waals surface area contributed by atoms with E-state index in [-0.39, 0.29) is 5.96 Å². The van der Waals surface area contributed by atoms with Crippen molar-refractivity contribution < 1.29 is 14.3 Å². The van der Waals surface area contributed by atoms with E-state index in [4.69, 9.17) is 20.9 Å². The first-order valence-corrected chi connectivity index (χ1v) is 6.78. The Hall–Kier alpha value is -1.84. The average molecular weight is 390 g/mol. The third-order valence-corrected chi connectivity index (χ3v) is 2.76. The van der Waals surface area contributed by atoms with Crippen molar-refractivity contribution in [2.75, 3.05) is 6.61 Å². The minimum atomic E-state index is -0.411. The standard InChI is InChI=1S/C12H15IN4O3/c1-3-19-10-5-8(6-16-17-12(14)15)4-9(13)11(10)20-7(2)18/h4-6H,3H2,1-2H3,(H4,14,15,17). The molecular formula is C12H15IN4O3. The maximum absolute atomic E-state index is 11.1. The molecule has 1 aromatic rings. The van der Waals surface area contributed by atoms with Gasteiger partial charge < -0.3 is 20.9 Å². The van der Waals surface area contributed by atoms with Crippen LogP contribution in [0.15, 0.2) is 22.3 Å². The first-order valence-electron chi connectivity index (χ1n) is 5.70. The molecular weight excluding hydrogens is 375 g/mol. The first-order chi connectivity index (χ1) is 9.43. The molecule has 0 bridgehead atoms. The Morgan fingerprint density at radius 2 is 2.15 bits per heavy atom. The molecule has 4 N–H and O–H groups in total. The predicted octanol–water partition coefficient (Wildman–Crippen LogP) is 1.22. The third-order valence-electron chi connectivity index (χ3n) is 1.96. The normalized spacial score (nSPS) is 10.3. The Morgan fingerprint density at radius 1 is 1.45 bits per heavy atom. The summed E-state index contributed by atoms with van der Waals surface area (Å²) in [5.41, 5.74) is 11.1. The Bertz CT molecular complexity index is 554. The fourth-order valence-electron chi connectivity index (χ4n) is 1.33. The van der Waals surface area contributed by atoms with Crippen LogP contribution < -0.4 is 20.9 Å². The molecule has 0 aliphatic rings. The summed E-state index contributed by atoms with van der Waals surface area (Å²) in [6.45, 7) is 3.61. The van der Waals surface area contributed by atoms with E-state index in [0.29, 0.717) is 18.1 Å². The largest absolute Gasteiger partial charge is 0.490 e. The van der Waals surface area contributed by atoms with Gasteiger partial charge in [-0.25, -0.2) is 0 Å². The number of guanidine groups is 1. The number of carbonyl (C=O) groups excluding carboxylic acids is 1. The van der Waals surface area contributed by atoms with Gasteiger partial charge in [-0.1, -0.05) is 0 Å². The molecule has 0 saturated carbocycles. The van der Waals surface area contributed by atoms with Crippen LogP contribution in [0.5, 0.6) is 11.5 Å². The van der Waals surface area contributed by atoms with Crippen LogP contribution in [0.4, 0.5) is 0 Å². The van der Waals surface area contributed by atoms with Gasteiger partial charge in [0.1, 0.15) is 0 Å². The second-order valence-electron chi connectivity index (χ2n) is 3.63. The average Bonchev–Trinajstić information content (AvgIpc) is 2.33. The number of nitrogens with two attached hydrogens (primary N) is 2. The molecule has 0 unspecified atom stereocenters. The molecule has 108 valence electrons. The molecule has 7 nitrogen and oxygen atoms in total. The number of hydrogen-bond acceptors (Lipinski definition) is 5. The molecule has 0 atom stereocenters. The zero-order valence-corrected chi connectivity index (χ0v) is 13.2. The van der Waals surface area contributed by atoms with E-state index in [0.717, 1.165) is 9.13 Å². The topological polar surface area (TPSA) is 112 Å². The molecule has 0 amide bonds. The van der Waals surface area contributed by atoms with E-state index in [1.807, 2.05) is 29.5 Å². The molecule has 1 rings (SSSR count). The zero-order valence-electron chi connectivity index (χ0n) is 11.1. The fourth-order valence-corrected chi connectivity index (χ4v) is 2.07. The fraction of sp³-hybridized carbons (Fsp3) is 0.250. The maximum Gasteiger partial charge on any atom is 0.308 e. The number of hydrogen-bond donors (Lipinski definition) is 2. The van der Waals surface area contributed by atoms with Crippen molar-refractivity contribution in [3.05, 3.63) is 21.3 Å². The Kier molecular flexibility index (Phi) is 6.22. The van der Waals surface area contributed by atoms with E-state index in [1.165, 1.54) is 13.1 Å². The second kappa shape index (κ2) is 7.68. The number of esters is 1. The number of nitrogens with zero attached hydrogens (tertiary/aromatic N) is 2. The summed E-state index contributed by atoms with van der Waals surface area (Å²) in [6, 6.07) is 3.46. The van der Waals surface area contributed by atoms with Crippen LogP contribution in [-0.4, -0.2) is 24.8 Å². The van der Waals surface area contributed by atoms with Gasteiger partial charge in [-0.05, 0) is 47.2 Å². The lowest BCUT2D eigenvalue weighted by Crippen LogP contribution is -2.21. The van der Waals surface area contributed by atoms with Crippen molar-refractivity contribution in [1.29, 1.82) is 0 Å². The van der Waals surface area contributed by atoms with Crippen molar-refractivity contribution in [3.63, 3.8) is 0 Å². The summed E-state index contributed by atoms with van der Waals surface area (Å²) < 4.78 is 11.3. The van der Waals surface area contributed by atoms with Crippen LogP contribution in [0, 0.1) is 3.57 Å². The van der Waals surface area contributed by atoms with Gasteiger partial charge >= 0.3 is 5.97 Å². The SMILES string of the molecule is CCOc1cc(C=NN=C(N)N)cc(I)c1OC(C)=O. The summed E-state index contributed by atoms with van der Waals surface area (Å²) in [5, 5.41) is 7.23. The van der Waals surface area contributed by atoms with Crippen LogP contribution in [0.3, 0.4) is 0 Å². The molecule has 1 aromatic carbocycles. The molecule has 8 heteroatoms. The summed E-state index contributed by atoms with van der Waals surface area (Å²) >= 11 is 2.05. The monoisotopic (exact) mass is 390 g/mol. The third kappa shape index (κ3) is 5.03. The number of carbonyl (C=O) groups is 1. The highest BCUT2D eigenvalue weighted by atomic mass is 127. The van der Waals surface area contributed by atoms with Crippen molar-refractivity contribution in [3.8, 4) is 11.5 Å². The van der Waals surface area contributed by atoms with Gasteiger partial charge in [0.15, 0.2) is 11.5 Å². The molecule has 0 heterocycles. The molecule has 0 aromatic heterocycles. The molecule has 0 fully saturated rings. The van der Waals surface area contributed by atoms with E-state index in [1.54, 1.807) is 12.1 Å². The lowest BCUT2D eigenvalue weighted by atomic mass is 10.2. The van der Waals surface area contributed by atoms with Gasteiger partial charge in [0.25, 0.3) is 0 Å².